The van der Waals surface area contributed by atoms with Crippen LogP contribution in [0.15, 0.2) is 4.99 Å². The Kier molecular flexibility index (Phi) is 10.0. The predicted molar refractivity (Wildman–Crippen MR) is 103 cm³/mol. The van der Waals surface area contributed by atoms with Crippen LogP contribution in [0.1, 0.15) is 40.5 Å². The molecule has 2 atom stereocenters. The molecule has 3 N–H and O–H groups in total. The van der Waals surface area contributed by atoms with E-state index in [-0.39, 0.29) is 28.7 Å². The molecule has 1 aliphatic rings. The Morgan fingerprint density at radius 2 is 2.14 bits per heavy atom. The lowest BCUT2D eigenvalue weighted by Crippen LogP contribution is -2.38. The summed E-state index contributed by atoms with van der Waals surface area (Å²) in [5.74, 6) is 1.07. The first kappa shape index (κ1) is 21.1. The second-order valence-electron chi connectivity index (χ2n) is 6.24. The number of likely N-dealkylation sites (N-methyl/N-ethyl adjacent to an activating group) is 1. The van der Waals surface area contributed by atoms with Gasteiger partial charge < -0.3 is 11.1 Å². The molecule has 0 saturated carbocycles. The van der Waals surface area contributed by atoms with E-state index >= 15 is 0 Å². The number of guanidine groups is 1. The van der Waals surface area contributed by atoms with E-state index in [1.807, 2.05) is 20.8 Å². The topological polar surface area (TPSA) is 70.7 Å². The number of nitrogens with zero attached hydrogens (tertiary/aromatic N) is 2. The number of halogens is 1. The molecular formula is C14H31IN4OS. The summed E-state index contributed by atoms with van der Waals surface area (Å²) < 4.78 is 11.7. The average Bonchev–Trinajstić information content (AvgIpc) is 2.82. The van der Waals surface area contributed by atoms with Crippen LogP contribution in [-0.2, 0) is 10.8 Å². The Morgan fingerprint density at radius 3 is 2.71 bits per heavy atom. The van der Waals surface area contributed by atoms with E-state index in [4.69, 9.17) is 5.73 Å². The maximum atomic E-state index is 11.9. The standard InChI is InChI=1S/C14H30N4OS.HI/c1-5-18-9-6-7-12(18)11-17-13(15)16-8-10-20(19)14(2,3)4;/h12H,5-11H2,1-4H3,(H3,15,16,17);1H. The fourth-order valence-electron chi connectivity index (χ4n) is 2.36. The Balaban J connectivity index is 0.00000400. The van der Waals surface area contributed by atoms with E-state index in [9.17, 15) is 4.21 Å². The van der Waals surface area contributed by atoms with Crippen LogP contribution in [-0.4, -0.2) is 57.8 Å². The third kappa shape index (κ3) is 7.78. The van der Waals surface area contributed by atoms with Crippen LogP contribution < -0.4 is 11.1 Å². The first-order valence-electron chi connectivity index (χ1n) is 7.51. The minimum atomic E-state index is -0.848. The molecule has 0 aromatic carbocycles. The van der Waals surface area contributed by atoms with E-state index in [0.29, 0.717) is 24.3 Å². The quantitative estimate of drug-likeness (QED) is 0.381. The fourth-order valence-corrected chi connectivity index (χ4v) is 3.26. The first-order valence-corrected chi connectivity index (χ1v) is 8.82. The number of nitrogens with two attached hydrogens (primary N) is 1. The van der Waals surface area contributed by atoms with Gasteiger partial charge in [-0.25, -0.2) is 0 Å². The van der Waals surface area contributed by atoms with Crippen molar-refractivity contribution in [3.8, 4) is 0 Å². The van der Waals surface area contributed by atoms with Crippen LogP contribution in [0.5, 0.6) is 0 Å². The zero-order valence-electron chi connectivity index (χ0n) is 13.7. The Morgan fingerprint density at radius 1 is 1.48 bits per heavy atom. The molecule has 21 heavy (non-hydrogen) atoms. The minimum Gasteiger partial charge on any atom is -0.370 e. The van der Waals surface area contributed by atoms with Crippen molar-refractivity contribution in [3.05, 3.63) is 0 Å². The molecule has 0 aromatic heterocycles. The van der Waals surface area contributed by atoms with Crippen molar-refractivity contribution in [3.63, 3.8) is 0 Å². The van der Waals surface area contributed by atoms with E-state index in [2.05, 4.69) is 22.1 Å². The van der Waals surface area contributed by atoms with Crippen molar-refractivity contribution in [2.45, 2.75) is 51.3 Å². The normalized spacial score (nSPS) is 21.9. The van der Waals surface area contributed by atoms with Gasteiger partial charge >= 0.3 is 0 Å². The second kappa shape index (κ2) is 9.99. The molecule has 7 heteroatoms. The molecule has 1 fully saturated rings. The predicted octanol–water partition coefficient (Wildman–Crippen LogP) is 1.54. The molecule has 0 spiro atoms. The molecule has 0 amide bonds. The van der Waals surface area contributed by atoms with Gasteiger partial charge in [0, 0.05) is 33.9 Å². The molecule has 1 aliphatic heterocycles. The van der Waals surface area contributed by atoms with Gasteiger partial charge in [0.05, 0.1) is 6.54 Å². The highest BCUT2D eigenvalue weighted by atomic mass is 127. The molecule has 0 aliphatic carbocycles. The minimum absolute atomic E-state index is 0. The lowest BCUT2D eigenvalue weighted by Gasteiger charge is -2.21. The zero-order valence-corrected chi connectivity index (χ0v) is 16.9. The van der Waals surface area contributed by atoms with Gasteiger partial charge in [0.15, 0.2) is 5.96 Å². The van der Waals surface area contributed by atoms with E-state index in [0.717, 1.165) is 13.1 Å². The fraction of sp³-hybridized carbons (Fsp3) is 0.929. The van der Waals surface area contributed by atoms with Gasteiger partial charge in [-0.05, 0) is 46.7 Å². The highest BCUT2D eigenvalue weighted by molar-refractivity contribution is 14.0. The van der Waals surface area contributed by atoms with Crippen LogP contribution in [0.4, 0.5) is 0 Å². The SMILES string of the molecule is CCN1CCCC1CN=C(N)NCCS(=O)C(C)(C)C.I. The van der Waals surface area contributed by atoms with Gasteiger partial charge in [-0.15, -0.1) is 24.0 Å². The molecular weight excluding hydrogens is 399 g/mol. The molecule has 126 valence electrons. The lowest BCUT2D eigenvalue weighted by molar-refractivity contribution is 0.273. The van der Waals surface area contributed by atoms with E-state index in [1.54, 1.807) is 0 Å². The summed E-state index contributed by atoms with van der Waals surface area (Å²) in [6.07, 6.45) is 2.46. The monoisotopic (exact) mass is 430 g/mol. The molecule has 2 unspecified atom stereocenters. The number of hydrogen-bond acceptors (Lipinski definition) is 3. The molecule has 0 aromatic rings. The zero-order chi connectivity index (χ0) is 15.2. The molecule has 1 heterocycles. The Bertz CT molecular complexity index is 357. The van der Waals surface area contributed by atoms with Crippen molar-refractivity contribution >= 4 is 40.7 Å². The van der Waals surface area contributed by atoms with Gasteiger partial charge in [-0.3, -0.25) is 14.1 Å². The van der Waals surface area contributed by atoms with E-state index < -0.39 is 10.8 Å². The summed E-state index contributed by atoms with van der Waals surface area (Å²) in [7, 11) is -0.848. The summed E-state index contributed by atoms with van der Waals surface area (Å²) in [6.45, 7) is 11.8. The Labute approximate surface area is 149 Å². The summed E-state index contributed by atoms with van der Waals surface area (Å²) in [5.41, 5.74) is 5.86. The molecule has 5 nitrogen and oxygen atoms in total. The van der Waals surface area contributed by atoms with Crippen LogP contribution in [0, 0.1) is 0 Å². The third-order valence-corrected chi connectivity index (χ3v) is 5.60. The number of aliphatic imine (C=N–C) groups is 1. The average molecular weight is 430 g/mol. The van der Waals surface area contributed by atoms with Crippen LogP contribution >= 0.6 is 24.0 Å². The van der Waals surface area contributed by atoms with Gasteiger partial charge in [-0.2, -0.15) is 0 Å². The first-order chi connectivity index (χ1) is 9.34. The van der Waals surface area contributed by atoms with Gasteiger partial charge in [0.1, 0.15) is 0 Å². The maximum Gasteiger partial charge on any atom is 0.188 e. The van der Waals surface area contributed by atoms with Gasteiger partial charge in [-0.1, -0.05) is 6.92 Å². The maximum absolute atomic E-state index is 11.9. The number of likely N-dealkylation sites (tertiary alicyclic amines) is 1. The van der Waals surface area contributed by atoms with Gasteiger partial charge in [0.2, 0.25) is 0 Å². The third-order valence-electron chi connectivity index (χ3n) is 3.65. The summed E-state index contributed by atoms with van der Waals surface area (Å²) in [5, 5.41) is 3.06. The van der Waals surface area contributed by atoms with Crippen LogP contribution in [0.2, 0.25) is 0 Å². The van der Waals surface area contributed by atoms with Gasteiger partial charge in [0.25, 0.3) is 0 Å². The number of rotatable bonds is 6. The smallest absolute Gasteiger partial charge is 0.188 e. The molecule has 0 radical (unpaired) electrons. The summed E-state index contributed by atoms with van der Waals surface area (Å²) >= 11 is 0. The van der Waals surface area contributed by atoms with Crippen LogP contribution in [0.3, 0.4) is 0 Å². The molecule has 1 rings (SSSR count). The van der Waals surface area contributed by atoms with E-state index in [1.165, 1.54) is 19.4 Å². The number of hydrogen-bond donors (Lipinski definition) is 2. The largest absolute Gasteiger partial charge is 0.370 e. The van der Waals surface area contributed by atoms with Crippen LogP contribution in [0.25, 0.3) is 0 Å². The van der Waals surface area contributed by atoms with Crippen molar-refractivity contribution in [2.24, 2.45) is 10.7 Å². The summed E-state index contributed by atoms with van der Waals surface area (Å²) in [4.78, 5) is 6.86. The van der Waals surface area contributed by atoms with Crippen molar-refractivity contribution in [1.82, 2.24) is 10.2 Å². The van der Waals surface area contributed by atoms with Crippen molar-refractivity contribution < 1.29 is 4.21 Å². The second-order valence-corrected chi connectivity index (χ2v) is 8.56. The lowest BCUT2D eigenvalue weighted by atomic mass is 10.2. The van der Waals surface area contributed by atoms with Crippen molar-refractivity contribution in [2.75, 3.05) is 31.9 Å². The number of nitrogens with one attached hydrogen (secondary N) is 1. The molecule has 1 saturated heterocycles. The van der Waals surface area contributed by atoms with Crippen molar-refractivity contribution in [1.29, 1.82) is 0 Å². The highest BCUT2D eigenvalue weighted by Gasteiger charge is 2.22. The highest BCUT2D eigenvalue weighted by Crippen LogP contribution is 2.16. The summed E-state index contributed by atoms with van der Waals surface area (Å²) in [6, 6.07) is 0.532. The molecule has 0 bridgehead atoms. The Hall–Kier alpha value is 0.110.